The van der Waals surface area contributed by atoms with Crippen LogP contribution in [-0.2, 0) is 4.79 Å². The molecule has 0 aliphatic carbocycles. The summed E-state index contributed by atoms with van der Waals surface area (Å²) in [4.78, 5) is 10.4. The Balaban J connectivity index is 0. The number of unbranched alkanes of at least 4 members (excludes halogenated alkanes) is 18. The molecule has 3 heteroatoms. The number of carboxylic acids is 1. The molecule has 0 heterocycles. The van der Waals surface area contributed by atoms with E-state index in [-0.39, 0.29) is 51.4 Å². The first-order valence-electron chi connectivity index (χ1n) is 11.0. The van der Waals surface area contributed by atoms with Gasteiger partial charge in [-0.25, -0.2) is 0 Å². The van der Waals surface area contributed by atoms with Crippen LogP contribution in [0.1, 0.15) is 135 Å². The molecule has 0 aliphatic rings. The van der Waals surface area contributed by atoms with Crippen molar-refractivity contribution in [3.8, 4) is 0 Å². The van der Waals surface area contributed by atoms with Gasteiger partial charge in [0.1, 0.15) is 0 Å². The van der Waals surface area contributed by atoms with E-state index in [2.05, 4.69) is 6.92 Å². The number of carbonyl (C=O) groups is 1. The van der Waals surface area contributed by atoms with Crippen LogP contribution in [0.15, 0.2) is 0 Å². The van der Waals surface area contributed by atoms with Crippen molar-refractivity contribution in [2.75, 3.05) is 0 Å². The maximum atomic E-state index is 10.4. The summed E-state index contributed by atoms with van der Waals surface area (Å²) in [6.45, 7) is 2.28. The Bertz CT molecular complexity index is 256. The van der Waals surface area contributed by atoms with Crippen LogP contribution in [0, 0.1) is 0 Å². The first kappa shape index (κ1) is 28.3. The second-order valence-electron chi connectivity index (χ2n) is 7.51. The molecule has 0 fully saturated rings. The van der Waals surface area contributed by atoms with Crippen LogP contribution >= 0.6 is 0 Å². The van der Waals surface area contributed by atoms with Gasteiger partial charge in [-0.2, -0.15) is 0 Å². The molecule has 0 radical (unpaired) electrons. The summed E-state index contributed by atoms with van der Waals surface area (Å²) in [6.07, 6.45) is 26.1. The molecule has 1 N–H and O–H groups in total. The Hall–Kier alpha value is 1.11. The third kappa shape index (κ3) is 27.4. The van der Waals surface area contributed by atoms with Gasteiger partial charge in [-0.1, -0.05) is 122 Å². The van der Waals surface area contributed by atoms with Gasteiger partial charge >= 0.3 is 57.4 Å². The predicted molar refractivity (Wildman–Crippen MR) is 113 cm³/mol. The molecule has 0 unspecified atom stereocenters. The van der Waals surface area contributed by atoms with Gasteiger partial charge in [-0.3, -0.25) is 4.79 Å². The quantitative estimate of drug-likeness (QED) is 0.178. The Kier molecular flexibility index (Phi) is 28.4. The van der Waals surface area contributed by atoms with Gasteiger partial charge in [-0.15, -0.1) is 0 Å². The van der Waals surface area contributed by atoms with Crippen LogP contribution < -0.4 is 0 Å². The van der Waals surface area contributed by atoms with Crippen molar-refractivity contribution in [1.29, 1.82) is 0 Å². The van der Waals surface area contributed by atoms with Crippen LogP contribution in [-0.4, -0.2) is 62.5 Å². The molecule has 0 atom stereocenters. The third-order valence-corrected chi connectivity index (χ3v) is 4.99. The van der Waals surface area contributed by atoms with Crippen molar-refractivity contribution < 1.29 is 9.90 Å². The molecule has 2 nitrogen and oxygen atoms in total. The van der Waals surface area contributed by atoms with Crippen molar-refractivity contribution in [3.63, 3.8) is 0 Å². The topological polar surface area (TPSA) is 37.3 Å². The fourth-order valence-electron chi connectivity index (χ4n) is 3.35. The maximum absolute atomic E-state index is 10.4. The second-order valence-corrected chi connectivity index (χ2v) is 7.51. The van der Waals surface area contributed by atoms with Gasteiger partial charge in [0.2, 0.25) is 0 Å². The van der Waals surface area contributed by atoms with Crippen LogP contribution in [0.5, 0.6) is 0 Å². The zero-order chi connectivity index (χ0) is 17.7. The van der Waals surface area contributed by atoms with E-state index in [1.165, 1.54) is 109 Å². The summed E-state index contributed by atoms with van der Waals surface area (Å²) in [5.41, 5.74) is 0. The Labute approximate surface area is 200 Å². The molecular formula is C22H45KO2. The van der Waals surface area contributed by atoms with Gasteiger partial charge < -0.3 is 5.11 Å². The zero-order valence-electron chi connectivity index (χ0n) is 16.5. The van der Waals surface area contributed by atoms with E-state index in [0.717, 1.165) is 12.8 Å². The van der Waals surface area contributed by atoms with Crippen molar-refractivity contribution in [1.82, 2.24) is 0 Å². The van der Waals surface area contributed by atoms with Crippen molar-refractivity contribution in [3.05, 3.63) is 0 Å². The van der Waals surface area contributed by atoms with Gasteiger partial charge in [0.15, 0.2) is 0 Å². The Morgan fingerprint density at radius 2 is 0.760 bits per heavy atom. The van der Waals surface area contributed by atoms with E-state index >= 15 is 0 Å². The molecule has 0 saturated carbocycles. The molecular weight excluding hydrogens is 335 g/mol. The molecule has 0 rings (SSSR count). The van der Waals surface area contributed by atoms with Gasteiger partial charge in [0.25, 0.3) is 0 Å². The average Bonchev–Trinajstić information content (AvgIpc) is 2.56. The summed E-state index contributed by atoms with van der Waals surface area (Å²) in [5, 5.41) is 8.56. The molecule has 0 saturated heterocycles. The summed E-state index contributed by atoms with van der Waals surface area (Å²) in [7, 11) is 0. The number of aliphatic carboxylic acids is 1. The SMILES string of the molecule is CCCCCCCCCCCCCCCCCCCCCC(=O)O.[KH]. The Morgan fingerprint density at radius 1 is 0.520 bits per heavy atom. The molecule has 0 aliphatic heterocycles. The first-order chi connectivity index (χ1) is 11.8. The van der Waals surface area contributed by atoms with E-state index < -0.39 is 5.97 Å². The number of hydrogen-bond acceptors (Lipinski definition) is 1. The first-order valence-corrected chi connectivity index (χ1v) is 11.0. The average molecular weight is 381 g/mol. The third-order valence-electron chi connectivity index (χ3n) is 4.99. The molecule has 0 amide bonds. The van der Waals surface area contributed by atoms with Gasteiger partial charge in [0.05, 0.1) is 0 Å². The summed E-state index contributed by atoms with van der Waals surface area (Å²) in [6, 6.07) is 0. The molecule has 0 spiro atoms. The number of rotatable bonds is 20. The Morgan fingerprint density at radius 3 is 1.00 bits per heavy atom. The summed E-state index contributed by atoms with van der Waals surface area (Å²) < 4.78 is 0. The van der Waals surface area contributed by atoms with Crippen molar-refractivity contribution in [2.45, 2.75) is 135 Å². The van der Waals surface area contributed by atoms with E-state index in [1.807, 2.05) is 0 Å². The van der Waals surface area contributed by atoms with Crippen LogP contribution in [0.3, 0.4) is 0 Å². The molecule has 0 aromatic rings. The molecule has 0 bridgehead atoms. The van der Waals surface area contributed by atoms with Gasteiger partial charge in [-0.05, 0) is 6.42 Å². The second kappa shape index (κ2) is 25.1. The fourth-order valence-corrected chi connectivity index (χ4v) is 3.35. The van der Waals surface area contributed by atoms with Crippen LogP contribution in [0.4, 0.5) is 0 Å². The molecule has 146 valence electrons. The molecule has 0 aromatic heterocycles. The zero-order valence-corrected chi connectivity index (χ0v) is 16.5. The van der Waals surface area contributed by atoms with Crippen molar-refractivity contribution >= 4 is 57.4 Å². The molecule has 0 aromatic carbocycles. The van der Waals surface area contributed by atoms with E-state index in [9.17, 15) is 4.79 Å². The molecule has 25 heavy (non-hydrogen) atoms. The van der Waals surface area contributed by atoms with Crippen LogP contribution in [0.25, 0.3) is 0 Å². The van der Waals surface area contributed by atoms with E-state index in [1.54, 1.807) is 0 Å². The summed E-state index contributed by atoms with van der Waals surface area (Å²) >= 11 is 0. The summed E-state index contributed by atoms with van der Waals surface area (Å²) in [5.74, 6) is -0.651. The van der Waals surface area contributed by atoms with E-state index in [0.29, 0.717) is 6.42 Å². The van der Waals surface area contributed by atoms with E-state index in [4.69, 9.17) is 5.11 Å². The standard InChI is InChI=1S/C22H44O2.K.H/c1-2-3-4-5-6-7-8-9-10-11-12-13-14-15-16-17-18-19-20-21-22(23)24;;/h2-21H2,1H3,(H,23,24);;. The van der Waals surface area contributed by atoms with Crippen LogP contribution in [0.2, 0.25) is 0 Å². The minimum absolute atomic E-state index is 0. The number of carboxylic acid groups (broad SMARTS) is 1. The number of hydrogen-bond donors (Lipinski definition) is 1. The predicted octanol–water partition coefficient (Wildman–Crippen LogP) is 7.24. The normalized spacial score (nSPS) is 10.6. The van der Waals surface area contributed by atoms with Gasteiger partial charge in [0, 0.05) is 6.42 Å². The fraction of sp³-hybridized carbons (Fsp3) is 0.955. The monoisotopic (exact) mass is 380 g/mol. The minimum atomic E-state index is -0.651. The van der Waals surface area contributed by atoms with Crippen molar-refractivity contribution in [2.24, 2.45) is 0 Å².